The van der Waals surface area contributed by atoms with E-state index >= 15 is 0 Å². The number of hydrogen-bond acceptors (Lipinski definition) is 4. The summed E-state index contributed by atoms with van der Waals surface area (Å²) in [4.78, 5) is 1.48. The van der Waals surface area contributed by atoms with Crippen molar-refractivity contribution in [2.45, 2.75) is 19.4 Å². The summed E-state index contributed by atoms with van der Waals surface area (Å²) >= 11 is 3.52. The highest BCUT2D eigenvalue weighted by Gasteiger charge is 2.14. The van der Waals surface area contributed by atoms with Crippen molar-refractivity contribution in [1.29, 1.82) is 0 Å². The molecule has 0 bridgehead atoms. The molecule has 2 rings (SSSR count). The predicted octanol–water partition coefficient (Wildman–Crippen LogP) is 1.78. The van der Waals surface area contributed by atoms with Crippen LogP contribution in [0, 0.1) is 6.92 Å². The summed E-state index contributed by atoms with van der Waals surface area (Å²) in [7, 11) is 3.71. The normalized spacial score (nSPS) is 12.7. The Morgan fingerprint density at radius 2 is 2.17 bits per heavy atom. The molecule has 0 radical (unpaired) electrons. The van der Waals surface area contributed by atoms with E-state index in [1.807, 2.05) is 7.05 Å². The van der Waals surface area contributed by atoms with Crippen LogP contribution < -0.4 is 5.32 Å². The van der Waals surface area contributed by atoms with Gasteiger partial charge in [0.2, 0.25) is 0 Å². The summed E-state index contributed by atoms with van der Waals surface area (Å²) in [6.45, 7) is 2.08. The zero-order valence-corrected chi connectivity index (χ0v) is 12.3. The van der Waals surface area contributed by atoms with Crippen molar-refractivity contribution in [2.24, 2.45) is 7.05 Å². The van der Waals surface area contributed by atoms with E-state index < -0.39 is 0 Å². The first-order valence-corrected chi connectivity index (χ1v) is 6.55. The van der Waals surface area contributed by atoms with Crippen LogP contribution in [-0.2, 0) is 13.5 Å². The predicted molar refractivity (Wildman–Crippen MR) is 73.2 cm³/mol. The Balaban J connectivity index is 2.22. The summed E-state index contributed by atoms with van der Waals surface area (Å²) in [6.07, 6.45) is 0.722. The van der Waals surface area contributed by atoms with Crippen LogP contribution in [0.4, 0.5) is 0 Å². The molecule has 18 heavy (non-hydrogen) atoms. The minimum atomic E-state index is 0.186. The SMILES string of the molecule is CNC(Cc1nnn(C)n1)c1cc(C)cc(Br)c1. The Kier molecular flexibility index (Phi) is 4.08. The van der Waals surface area contributed by atoms with Crippen LogP contribution in [0.3, 0.4) is 0 Å². The monoisotopic (exact) mass is 309 g/mol. The molecule has 1 aromatic heterocycles. The summed E-state index contributed by atoms with van der Waals surface area (Å²) in [6, 6.07) is 6.56. The molecular weight excluding hydrogens is 294 g/mol. The second-order valence-electron chi connectivity index (χ2n) is 4.30. The molecule has 1 heterocycles. The highest BCUT2D eigenvalue weighted by Crippen LogP contribution is 2.22. The van der Waals surface area contributed by atoms with Crippen molar-refractivity contribution >= 4 is 15.9 Å². The van der Waals surface area contributed by atoms with Crippen LogP contribution in [-0.4, -0.2) is 27.3 Å². The van der Waals surface area contributed by atoms with Gasteiger partial charge in [-0.2, -0.15) is 4.80 Å². The minimum Gasteiger partial charge on any atom is -0.313 e. The van der Waals surface area contributed by atoms with Gasteiger partial charge >= 0.3 is 0 Å². The van der Waals surface area contributed by atoms with Crippen molar-refractivity contribution < 1.29 is 0 Å². The first-order chi connectivity index (χ1) is 8.58. The van der Waals surface area contributed by atoms with E-state index in [0.29, 0.717) is 0 Å². The molecule has 6 heteroatoms. The summed E-state index contributed by atoms with van der Waals surface area (Å²) < 4.78 is 1.09. The first kappa shape index (κ1) is 13.2. The molecule has 0 aliphatic heterocycles. The molecule has 2 aromatic rings. The lowest BCUT2D eigenvalue weighted by Crippen LogP contribution is -2.19. The molecule has 1 aromatic carbocycles. The van der Waals surface area contributed by atoms with E-state index in [2.05, 4.69) is 61.8 Å². The van der Waals surface area contributed by atoms with Crippen LogP contribution in [0.2, 0.25) is 0 Å². The van der Waals surface area contributed by atoms with Gasteiger partial charge in [0.05, 0.1) is 7.05 Å². The summed E-state index contributed by atoms with van der Waals surface area (Å²) in [5.74, 6) is 0.745. The zero-order valence-electron chi connectivity index (χ0n) is 10.7. The van der Waals surface area contributed by atoms with Crippen molar-refractivity contribution in [3.05, 3.63) is 39.6 Å². The van der Waals surface area contributed by atoms with Gasteiger partial charge < -0.3 is 5.32 Å². The molecule has 1 unspecified atom stereocenters. The fourth-order valence-electron chi connectivity index (χ4n) is 1.94. The smallest absolute Gasteiger partial charge is 0.176 e. The Labute approximate surface area is 115 Å². The van der Waals surface area contributed by atoms with Crippen LogP contribution in [0.15, 0.2) is 22.7 Å². The largest absolute Gasteiger partial charge is 0.313 e. The Morgan fingerprint density at radius 1 is 1.39 bits per heavy atom. The molecular formula is C12H16BrN5. The van der Waals surface area contributed by atoms with Crippen molar-refractivity contribution in [2.75, 3.05) is 7.05 Å². The number of nitrogens with one attached hydrogen (secondary N) is 1. The van der Waals surface area contributed by atoms with E-state index in [9.17, 15) is 0 Å². The zero-order chi connectivity index (χ0) is 13.1. The Bertz CT molecular complexity index is 517. The van der Waals surface area contributed by atoms with Crippen LogP contribution in [0.5, 0.6) is 0 Å². The Hall–Kier alpha value is -1.27. The third kappa shape index (κ3) is 3.14. The van der Waals surface area contributed by atoms with Gasteiger partial charge in [0, 0.05) is 16.9 Å². The van der Waals surface area contributed by atoms with Crippen molar-refractivity contribution in [3.8, 4) is 0 Å². The van der Waals surface area contributed by atoms with Crippen LogP contribution in [0.25, 0.3) is 0 Å². The quantitative estimate of drug-likeness (QED) is 0.935. The highest BCUT2D eigenvalue weighted by atomic mass is 79.9. The number of halogens is 1. The molecule has 5 nitrogen and oxygen atoms in total. The molecule has 1 atom stereocenters. The lowest BCUT2D eigenvalue weighted by atomic mass is 10.0. The van der Waals surface area contributed by atoms with Gasteiger partial charge in [-0.1, -0.05) is 22.0 Å². The third-order valence-electron chi connectivity index (χ3n) is 2.75. The molecule has 0 saturated carbocycles. The number of aromatic nitrogens is 4. The van der Waals surface area contributed by atoms with Gasteiger partial charge in [-0.05, 0) is 42.4 Å². The average molecular weight is 310 g/mol. The standard InChI is InChI=1S/C12H16BrN5/c1-8-4-9(6-10(13)5-8)11(14-2)7-12-15-17-18(3)16-12/h4-6,11,14H,7H2,1-3H3. The highest BCUT2D eigenvalue weighted by molar-refractivity contribution is 9.10. The van der Waals surface area contributed by atoms with Gasteiger partial charge in [-0.25, -0.2) is 0 Å². The number of tetrazole rings is 1. The molecule has 0 aliphatic rings. The first-order valence-electron chi connectivity index (χ1n) is 5.75. The Morgan fingerprint density at radius 3 is 2.72 bits per heavy atom. The average Bonchev–Trinajstić information content (AvgIpc) is 2.70. The molecule has 0 saturated heterocycles. The van der Waals surface area contributed by atoms with E-state index in [0.717, 1.165) is 16.7 Å². The van der Waals surface area contributed by atoms with E-state index in [-0.39, 0.29) is 6.04 Å². The van der Waals surface area contributed by atoms with E-state index in [4.69, 9.17) is 0 Å². The fraction of sp³-hybridized carbons (Fsp3) is 0.417. The molecule has 96 valence electrons. The molecule has 0 aliphatic carbocycles. The maximum atomic E-state index is 4.21. The number of benzene rings is 1. The molecule has 0 amide bonds. The number of hydrogen-bond donors (Lipinski definition) is 1. The van der Waals surface area contributed by atoms with Gasteiger partial charge in [0.1, 0.15) is 0 Å². The second kappa shape index (κ2) is 5.58. The number of rotatable bonds is 4. The van der Waals surface area contributed by atoms with Crippen LogP contribution in [0.1, 0.15) is 23.0 Å². The maximum Gasteiger partial charge on any atom is 0.176 e. The van der Waals surface area contributed by atoms with Crippen LogP contribution >= 0.6 is 15.9 Å². The molecule has 1 N–H and O–H groups in total. The second-order valence-corrected chi connectivity index (χ2v) is 5.22. The number of nitrogens with zero attached hydrogens (tertiary/aromatic N) is 4. The lowest BCUT2D eigenvalue weighted by Gasteiger charge is -2.15. The van der Waals surface area contributed by atoms with E-state index in [1.165, 1.54) is 15.9 Å². The maximum absolute atomic E-state index is 4.21. The van der Waals surface area contributed by atoms with Gasteiger partial charge in [0.25, 0.3) is 0 Å². The molecule has 0 fully saturated rings. The summed E-state index contributed by atoms with van der Waals surface area (Å²) in [5.41, 5.74) is 2.45. The molecule has 0 spiro atoms. The number of likely N-dealkylation sites (N-methyl/N-ethyl adjacent to an activating group) is 1. The van der Waals surface area contributed by atoms with E-state index in [1.54, 1.807) is 7.05 Å². The van der Waals surface area contributed by atoms with Crippen molar-refractivity contribution in [1.82, 2.24) is 25.5 Å². The van der Waals surface area contributed by atoms with Gasteiger partial charge in [-0.3, -0.25) is 0 Å². The summed E-state index contributed by atoms with van der Waals surface area (Å²) in [5, 5.41) is 15.4. The van der Waals surface area contributed by atoms with Gasteiger partial charge in [-0.15, -0.1) is 10.2 Å². The fourth-order valence-corrected chi connectivity index (χ4v) is 2.57. The topological polar surface area (TPSA) is 55.6 Å². The lowest BCUT2D eigenvalue weighted by molar-refractivity contribution is 0.569. The van der Waals surface area contributed by atoms with Crippen molar-refractivity contribution in [3.63, 3.8) is 0 Å². The third-order valence-corrected chi connectivity index (χ3v) is 3.21. The van der Waals surface area contributed by atoms with Gasteiger partial charge in [0.15, 0.2) is 5.82 Å². The number of aryl methyl sites for hydroxylation is 2. The minimum absolute atomic E-state index is 0.186.